The zero-order valence-corrected chi connectivity index (χ0v) is 18.5. The van der Waals surface area contributed by atoms with Crippen LogP contribution in [0.2, 0.25) is 5.02 Å². The third kappa shape index (κ3) is 5.23. The molecule has 0 spiro atoms. The number of carbonyl (C=O) groups is 1. The van der Waals surface area contributed by atoms with E-state index in [4.69, 9.17) is 15.8 Å². The summed E-state index contributed by atoms with van der Waals surface area (Å²) in [5, 5.41) is 7.96. The molecule has 1 N–H and O–H groups in total. The molecular formula is C21H22ClN5O3S. The first kappa shape index (κ1) is 21.3. The molecule has 1 fully saturated rings. The lowest BCUT2D eigenvalue weighted by Crippen LogP contribution is -2.35. The van der Waals surface area contributed by atoms with Crippen molar-refractivity contribution in [2.45, 2.75) is 25.4 Å². The van der Waals surface area contributed by atoms with E-state index in [0.29, 0.717) is 29.5 Å². The number of hydrogen-bond donors (Lipinski definition) is 1. The van der Waals surface area contributed by atoms with Crippen molar-refractivity contribution in [2.75, 3.05) is 18.1 Å². The zero-order valence-electron chi connectivity index (χ0n) is 16.9. The first-order valence-electron chi connectivity index (χ1n) is 9.81. The van der Waals surface area contributed by atoms with Crippen LogP contribution in [0.1, 0.15) is 30.3 Å². The molecular weight excluding hydrogens is 438 g/mol. The van der Waals surface area contributed by atoms with Crippen LogP contribution >= 0.6 is 11.6 Å². The minimum atomic E-state index is -1.39. The molecule has 2 amide bonds. The second kappa shape index (κ2) is 9.49. The van der Waals surface area contributed by atoms with Crippen LogP contribution in [0, 0.1) is 0 Å². The number of nitrogens with one attached hydrogen (secondary N) is 1. The maximum absolute atomic E-state index is 13.0. The van der Waals surface area contributed by atoms with Gasteiger partial charge in [0.15, 0.2) is 0 Å². The minimum absolute atomic E-state index is 0.153. The van der Waals surface area contributed by atoms with Gasteiger partial charge >= 0.3 is 6.03 Å². The Hall–Kier alpha value is -2.91. The number of rotatable bonds is 6. The highest BCUT2D eigenvalue weighted by atomic mass is 35.5. The largest absolute Gasteiger partial charge is 0.401 e. The Balaban J connectivity index is 1.45. The van der Waals surface area contributed by atoms with Crippen molar-refractivity contribution in [1.29, 1.82) is 0 Å². The molecule has 31 heavy (non-hydrogen) atoms. The highest BCUT2D eigenvalue weighted by molar-refractivity contribution is 7.79. The van der Waals surface area contributed by atoms with Crippen molar-refractivity contribution in [3.8, 4) is 5.75 Å². The predicted octanol–water partition coefficient (Wildman–Crippen LogP) is 4.02. The molecule has 0 aliphatic carbocycles. The summed E-state index contributed by atoms with van der Waals surface area (Å²) < 4.78 is 18.1. The van der Waals surface area contributed by atoms with Crippen molar-refractivity contribution >= 4 is 34.4 Å². The van der Waals surface area contributed by atoms with E-state index in [9.17, 15) is 9.00 Å². The molecule has 0 bridgehead atoms. The van der Waals surface area contributed by atoms with Gasteiger partial charge in [-0.15, -0.1) is 0 Å². The Labute approximate surface area is 187 Å². The summed E-state index contributed by atoms with van der Waals surface area (Å²) in [7, 11) is 0. The topological polar surface area (TPSA) is 89.3 Å². The maximum Gasteiger partial charge on any atom is 0.322 e. The Morgan fingerprint density at radius 2 is 1.97 bits per heavy atom. The van der Waals surface area contributed by atoms with Crippen LogP contribution in [0.3, 0.4) is 0 Å². The number of amides is 2. The molecule has 3 aromatic rings. The van der Waals surface area contributed by atoms with Crippen LogP contribution in [0.5, 0.6) is 5.75 Å². The third-order valence-electron chi connectivity index (χ3n) is 5.02. The molecule has 2 atom stereocenters. The van der Waals surface area contributed by atoms with E-state index in [0.717, 1.165) is 24.2 Å². The van der Waals surface area contributed by atoms with Gasteiger partial charge in [0.2, 0.25) is 11.1 Å². The van der Waals surface area contributed by atoms with Crippen LogP contribution in [0.15, 0.2) is 54.9 Å². The normalized spacial score (nSPS) is 16.8. The fraction of sp³-hybridized carbons (Fsp3) is 0.286. The number of benzene rings is 2. The number of anilines is 1. The monoisotopic (exact) mass is 459 g/mol. The van der Waals surface area contributed by atoms with Crippen LogP contribution in [-0.4, -0.2) is 42.7 Å². The zero-order chi connectivity index (χ0) is 21.8. The van der Waals surface area contributed by atoms with E-state index >= 15 is 0 Å². The number of halogens is 1. The van der Waals surface area contributed by atoms with Crippen molar-refractivity contribution in [3.05, 3.63) is 71.3 Å². The summed E-state index contributed by atoms with van der Waals surface area (Å²) in [6.07, 6.45) is 4.69. The highest BCUT2D eigenvalue weighted by Gasteiger charge is 2.33. The molecule has 10 heteroatoms. The molecule has 0 radical (unpaired) electrons. The Morgan fingerprint density at radius 1 is 1.23 bits per heavy atom. The van der Waals surface area contributed by atoms with Gasteiger partial charge in [0.25, 0.3) is 0 Å². The first-order chi connectivity index (χ1) is 15.0. The fourth-order valence-electron chi connectivity index (χ4n) is 3.62. The predicted molar refractivity (Wildman–Crippen MR) is 119 cm³/mol. The molecule has 4 rings (SSSR count). The van der Waals surface area contributed by atoms with E-state index in [1.807, 2.05) is 28.9 Å². The van der Waals surface area contributed by atoms with Gasteiger partial charge in [-0.05, 0) is 54.8 Å². The van der Waals surface area contributed by atoms with Gasteiger partial charge in [-0.25, -0.2) is 18.7 Å². The van der Waals surface area contributed by atoms with Gasteiger partial charge in [0.1, 0.15) is 17.9 Å². The van der Waals surface area contributed by atoms with E-state index in [1.165, 1.54) is 12.6 Å². The number of urea groups is 1. The lowest BCUT2D eigenvalue weighted by atomic mass is 10.2. The quantitative estimate of drug-likeness (QED) is 0.601. The standard InChI is InChI=1S/C21H22ClN5O3S/c1-31(29)30-18-10-8-17(9-11-18)25-21(28)26-12-2-3-19(26)20-23-14-24-27(20)13-15-4-6-16(22)7-5-15/h4-11,14,19H,2-3,12-13H2,1H3,(H,25,28)/t19-,31?/m1/s1. The molecule has 162 valence electrons. The summed E-state index contributed by atoms with van der Waals surface area (Å²) >= 11 is 4.58. The molecule has 2 aromatic carbocycles. The van der Waals surface area contributed by atoms with E-state index in [1.54, 1.807) is 29.2 Å². The van der Waals surface area contributed by atoms with Gasteiger partial charge in [-0.3, -0.25) is 0 Å². The van der Waals surface area contributed by atoms with Crippen molar-refractivity contribution in [1.82, 2.24) is 19.7 Å². The van der Waals surface area contributed by atoms with Gasteiger partial charge in [-0.1, -0.05) is 23.7 Å². The average Bonchev–Trinajstić information content (AvgIpc) is 3.40. The first-order valence-corrected chi connectivity index (χ1v) is 11.7. The highest BCUT2D eigenvalue weighted by Crippen LogP contribution is 2.31. The van der Waals surface area contributed by atoms with Crippen molar-refractivity contribution in [2.24, 2.45) is 0 Å². The van der Waals surface area contributed by atoms with Crippen molar-refractivity contribution in [3.63, 3.8) is 0 Å². The molecule has 1 aromatic heterocycles. The summed E-state index contributed by atoms with van der Waals surface area (Å²) in [5.41, 5.74) is 1.69. The maximum atomic E-state index is 13.0. The minimum Gasteiger partial charge on any atom is -0.401 e. The smallest absolute Gasteiger partial charge is 0.322 e. The lowest BCUT2D eigenvalue weighted by molar-refractivity contribution is 0.203. The van der Waals surface area contributed by atoms with Crippen molar-refractivity contribution < 1.29 is 13.2 Å². The molecule has 1 unspecified atom stereocenters. The van der Waals surface area contributed by atoms with Gasteiger partial charge in [0, 0.05) is 23.5 Å². The third-order valence-corrected chi connectivity index (χ3v) is 5.70. The second-order valence-electron chi connectivity index (χ2n) is 7.19. The van der Waals surface area contributed by atoms with Crippen LogP contribution in [-0.2, 0) is 17.6 Å². The summed E-state index contributed by atoms with van der Waals surface area (Å²) in [4.78, 5) is 19.2. The Kier molecular flexibility index (Phi) is 6.53. The molecule has 1 aliphatic heterocycles. The van der Waals surface area contributed by atoms with E-state index in [-0.39, 0.29) is 12.1 Å². The number of nitrogens with zero attached hydrogens (tertiary/aromatic N) is 4. The van der Waals surface area contributed by atoms with E-state index < -0.39 is 11.1 Å². The SMILES string of the molecule is CS(=O)Oc1ccc(NC(=O)N2CCC[C@@H]2c2ncnn2Cc2ccc(Cl)cc2)cc1. The molecule has 0 saturated carbocycles. The van der Waals surface area contributed by atoms with E-state index in [2.05, 4.69) is 15.4 Å². The Bertz CT molecular complexity index is 1070. The molecule has 8 nitrogen and oxygen atoms in total. The van der Waals surface area contributed by atoms with Gasteiger partial charge in [-0.2, -0.15) is 5.10 Å². The van der Waals surface area contributed by atoms with Crippen LogP contribution in [0.4, 0.5) is 10.5 Å². The van der Waals surface area contributed by atoms with Crippen LogP contribution in [0.25, 0.3) is 0 Å². The molecule has 1 saturated heterocycles. The Morgan fingerprint density at radius 3 is 2.68 bits per heavy atom. The number of aromatic nitrogens is 3. The average molecular weight is 460 g/mol. The summed E-state index contributed by atoms with van der Waals surface area (Å²) in [5.74, 6) is 1.24. The van der Waals surface area contributed by atoms with Crippen LogP contribution < -0.4 is 9.50 Å². The molecule has 2 heterocycles. The summed E-state index contributed by atoms with van der Waals surface area (Å²) in [6, 6.07) is 14.0. The molecule has 1 aliphatic rings. The second-order valence-corrected chi connectivity index (χ2v) is 8.60. The number of hydrogen-bond acceptors (Lipinski definition) is 5. The van der Waals surface area contributed by atoms with Gasteiger partial charge < -0.3 is 14.4 Å². The lowest BCUT2D eigenvalue weighted by Gasteiger charge is -2.24. The summed E-state index contributed by atoms with van der Waals surface area (Å²) in [6.45, 7) is 1.19. The fourth-order valence-corrected chi connectivity index (χ4v) is 4.13. The van der Waals surface area contributed by atoms with Gasteiger partial charge in [0.05, 0.1) is 12.6 Å². The number of carbonyl (C=O) groups excluding carboxylic acids is 1. The number of likely N-dealkylation sites (tertiary alicyclic amines) is 1.